The summed E-state index contributed by atoms with van der Waals surface area (Å²) in [5, 5.41) is 10.0. The van der Waals surface area contributed by atoms with Crippen LogP contribution in [-0.4, -0.2) is 21.1 Å². The molecule has 3 aromatic rings. The highest BCUT2D eigenvalue weighted by Gasteiger charge is 2.27. The van der Waals surface area contributed by atoms with Gasteiger partial charge in [-0.15, -0.1) is 12.4 Å². The largest absolute Gasteiger partial charge is 0.326 e. The van der Waals surface area contributed by atoms with Crippen LogP contribution in [0, 0.1) is 5.92 Å². The van der Waals surface area contributed by atoms with Gasteiger partial charge in [-0.25, -0.2) is 4.98 Å². The van der Waals surface area contributed by atoms with E-state index in [1.165, 1.54) is 5.56 Å². The number of aromatic amines is 1. The highest BCUT2D eigenvalue weighted by atomic mass is 35.5. The average Bonchev–Trinajstić information content (AvgIpc) is 3.24. The van der Waals surface area contributed by atoms with Gasteiger partial charge in [-0.05, 0) is 61.4 Å². The molecule has 0 saturated heterocycles. The first-order valence-electron chi connectivity index (χ1n) is 9.80. The van der Waals surface area contributed by atoms with Crippen LogP contribution < -0.4 is 11.1 Å². The van der Waals surface area contributed by atoms with Gasteiger partial charge >= 0.3 is 0 Å². The summed E-state index contributed by atoms with van der Waals surface area (Å²) in [5.41, 5.74) is 8.63. The number of carbonyl (C=O) groups is 1. The zero-order chi connectivity index (χ0) is 19.3. The van der Waals surface area contributed by atoms with Crippen molar-refractivity contribution >= 4 is 24.0 Å². The number of hydrogen-bond donors (Lipinski definition) is 3. The van der Waals surface area contributed by atoms with Gasteiger partial charge in [0.15, 0.2) is 5.82 Å². The first-order chi connectivity index (χ1) is 13.7. The molecule has 2 aromatic carbocycles. The maximum Gasteiger partial charge on any atom is 0.227 e. The Hall–Kier alpha value is -2.70. The van der Waals surface area contributed by atoms with E-state index >= 15 is 0 Å². The summed E-state index contributed by atoms with van der Waals surface area (Å²) >= 11 is 0. The van der Waals surface area contributed by atoms with Gasteiger partial charge in [0.05, 0.1) is 6.54 Å². The molecule has 152 valence electrons. The standard InChI is InChI=1S/C22H25N5O.ClH/c23-14-20-25-21(27-26-20)17-10-12-19(13-11-17)24-22(28)18-8-6-16(7-9-18)15-4-2-1-3-5-15;/h1-5,10-13,16,18H,6-9,14,23H2,(H,24,28)(H,25,26,27);1H. The average molecular weight is 412 g/mol. The number of aromatic nitrogens is 3. The van der Waals surface area contributed by atoms with Crippen molar-refractivity contribution < 1.29 is 4.79 Å². The van der Waals surface area contributed by atoms with Gasteiger partial charge in [-0.2, -0.15) is 5.10 Å². The summed E-state index contributed by atoms with van der Waals surface area (Å²) in [6, 6.07) is 18.2. The van der Waals surface area contributed by atoms with Crippen molar-refractivity contribution in [1.29, 1.82) is 0 Å². The van der Waals surface area contributed by atoms with Crippen molar-refractivity contribution in [3.05, 3.63) is 66.0 Å². The van der Waals surface area contributed by atoms with Crippen LogP contribution in [-0.2, 0) is 11.3 Å². The zero-order valence-corrected chi connectivity index (χ0v) is 17.0. The lowest BCUT2D eigenvalue weighted by Gasteiger charge is -2.28. The predicted octanol–water partition coefficient (Wildman–Crippen LogP) is 4.26. The third-order valence-electron chi connectivity index (χ3n) is 5.50. The Morgan fingerprint density at radius 2 is 1.72 bits per heavy atom. The fraction of sp³-hybridized carbons (Fsp3) is 0.318. The second kappa shape index (κ2) is 9.67. The van der Waals surface area contributed by atoms with E-state index in [4.69, 9.17) is 5.73 Å². The number of amides is 1. The molecule has 29 heavy (non-hydrogen) atoms. The van der Waals surface area contributed by atoms with E-state index in [9.17, 15) is 4.79 Å². The van der Waals surface area contributed by atoms with E-state index < -0.39 is 0 Å². The van der Waals surface area contributed by atoms with Crippen molar-refractivity contribution in [2.45, 2.75) is 38.1 Å². The molecule has 0 radical (unpaired) electrons. The predicted molar refractivity (Wildman–Crippen MR) is 117 cm³/mol. The topological polar surface area (TPSA) is 96.7 Å². The van der Waals surface area contributed by atoms with E-state index in [0.717, 1.165) is 36.9 Å². The number of H-pyrrole nitrogens is 1. The van der Waals surface area contributed by atoms with Crippen molar-refractivity contribution in [2.24, 2.45) is 11.7 Å². The molecule has 0 bridgehead atoms. The SMILES string of the molecule is Cl.NCc1nc(-c2ccc(NC(=O)C3CCC(c4ccccc4)CC3)cc2)n[nH]1. The summed E-state index contributed by atoms with van der Waals surface area (Å²) in [5.74, 6) is 2.03. The quantitative estimate of drug-likeness (QED) is 0.584. The number of hydrogen-bond acceptors (Lipinski definition) is 4. The molecule has 1 aliphatic rings. The lowest BCUT2D eigenvalue weighted by atomic mass is 9.78. The van der Waals surface area contributed by atoms with Crippen LogP contribution in [0.2, 0.25) is 0 Å². The Labute approximate surface area is 176 Å². The van der Waals surface area contributed by atoms with Gasteiger partial charge in [-0.1, -0.05) is 30.3 Å². The molecule has 1 aromatic heterocycles. The molecule has 7 heteroatoms. The van der Waals surface area contributed by atoms with Crippen LogP contribution in [0.5, 0.6) is 0 Å². The van der Waals surface area contributed by atoms with E-state index in [2.05, 4.69) is 44.8 Å². The van der Waals surface area contributed by atoms with Crippen LogP contribution in [0.25, 0.3) is 11.4 Å². The van der Waals surface area contributed by atoms with Crippen molar-refractivity contribution in [1.82, 2.24) is 15.2 Å². The normalized spacial score (nSPS) is 18.7. The Balaban J connectivity index is 0.00000240. The fourth-order valence-corrected chi connectivity index (χ4v) is 3.88. The van der Waals surface area contributed by atoms with Crippen molar-refractivity contribution in [3.8, 4) is 11.4 Å². The Morgan fingerprint density at radius 1 is 1.03 bits per heavy atom. The molecule has 1 amide bonds. The Kier molecular flexibility index (Phi) is 7.01. The first kappa shape index (κ1) is 21.0. The van der Waals surface area contributed by atoms with E-state index in [1.54, 1.807) is 0 Å². The zero-order valence-electron chi connectivity index (χ0n) is 16.2. The van der Waals surface area contributed by atoms with Crippen LogP contribution in [0.15, 0.2) is 54.6 Å². The summed E-state index contributed by atoms with van der Waals surface area (Å²) in [6.07, 6.45) is 4.00. The van der Waals surface area contributed by atoms with Crippen molar-refractivity contribution in [2.75, 3.05) is 5.32 Å². The van der Waals surface area contributed by atoms with Gasteiger partial charge in [0.25, 0.3) is 0 Å². The summed E-state index contributed by atoms with van der Waals surface area (Å²) < 4.78 is 0. The van der Waals surface area contributed by atoms with Crippen LogP contribution in [0.4, 0.5) is 5.69 Å². The number of rotatable bonds is 5. The number of nitrogens with zero attached hydrogens (tertiary/aromatic N) is 2. The summed E-state index contributed by atoms with van der Waals surface area (Å²) in [6.45, 7) is 0.327. The Morgan fingerprint density at radius 3 is 2.34 bits per heavy atom. The van der Waals surface area contributed by atoms with Gasteiger partial charge < -0.3 is 11.1 Å². The first-order valence-corrected chi connectivity index (χ1v) is 9.80. The minimum atomic E-state index is 0. The smallest absolute Gasteiger partial charge is 0.227 e. The third-order valence-corrected chi connectivity index (χ3v) is 5.50. The number of nitrogens with one attached hydrogen (secondary N) is 2. The molecule has 0 atom stereocenters. The molecule has 4 rings (SSSR count). The number of nitrogens with two attached hydrogens (primary N) is 1. The minimum Gasteiger partial charge on any atom is -0.326 e. The highest BCUT2D eigenvalue weighted by Crippen LogP contribution is 2.36. The fourth-order valence-electron chi connectivity index (χ4n) is 3.88. The molecule has 0 unspecified atom stereocenters. The summed E-state index contributed by atoms with van der Waals surface area (Å²) in [7, 11) is 0. The second-order valence-corrected chi connectivity index (χ2v) is 7.34. The highest BCUT2D eigenvalue weighted by molar-refractivity contribution is 5.92. The maximum absolute atomic E-state index is 12.7. The molecule has 6 nitrogen and oxygen atoms in total. The lowest BCUT2D eigenvalue weighted by molar-refractivity contribution is -0.120. The molecule has 1 heterocycles. The number of anilines is 1. The van der Waals surface area contributed by atoms with Gasteiger partial charge in [-0.3, -0.25) is 9.89 Å². The monoisotopic (exact) mass is 411 g/mol. The number of benzene rings is 2. The molecular weight excluding hydrogens is 386 g/mol. The molecule has 1 aliphatic carbocycles. The minimum absolute atomic E-state index is 0. The van der Waals surface area contributed by atoms with E-state index in [-0.39, 0.29) is 24.2 Å². The van der Waals surface area contributed by atoms with E-state index in [1.807, 2.05) is 30.3 Å². The van der Waals surface area contributed by atoms with Crippen LogP contribution in [0.3, 0.4) is 0 Å². The molecule has 4 N–H and O–H groups in total. The molecule has 1 fully saturated rings. The summed E-state index contributed by atoms with van der Waals surface area (Å²) in [4.78, 5) is 17.0. The van der Waals surface area contributed by atoms with Gasteiger partial charge in [0, 0.05) is 17.2 Å². The Bertz CT molecular complexity index is 918. The second-order valence-electron chi connectivity index (χ2n) is 7.34. The van der Waals surface area contributed by atoms with Crippen molar-refractivity contribution in [3.63, 3.8) is 0 Å². The van der Waals surface area contributed by atoms with Gasteiger partial charge in [0.1, 0.15) is 5.82 Å². The molecule has 0 aliphatic heterocycles. The van der Waals surface area contributed by atoms with Gasteiger partial charge in [0.2, 0.25) is 5.91 Å². The van der Waals surface area contributed by atoms with E-state index in [0.29, 0.717) is 24.1 Å². The third kappa shape index (κ3) is 5.02. The molecule has 0 spiro atoms. The number of carbonyl (C=O) groups excluding carboxylic acids is 1. The lowest BCUT2D eigenvalue weighted by Crippen LogP contribution is -2.26. The van der Waals surface area contributed by atoms with Crippen LogP contribution in [0.1, 0.15) is 43.0 Å². The maximum atomic E-state index is 12.7. The molecule has 1 saturated carbocycles. The molecular formula is C22H26ClN5O. The van der Waals surface area contributed by atoms with Crippen LogP contribution >= 0.6 is 12.4 Å². The number of halogens is 1.